The second-order valence-electron chi connectivity index (χ2n) is 6.11. The lowest BCUT2D eigenvalue weighted by Gasteiger charge is -2.30. The number of nitrogens with one attached hydrogen (secondary N) is 1. The van der Waals surface area contributed by atoms with Crippen LogP contribution in [-0.4, -0.2) is 51.6 Å². The van der Waals surface area contributed by atoms with Crippen molar-refractivity contribution in [2.75, 3.05) is 26.3 Å². The van der Waals surface area contributed by atoms with E-state index in [9.17, 15) is 13.2 Å². The molecule has 0 unspecified atom stereocenters. The van der Waals surface area contributed by atoms with Crippen LogP contribution in [0.25, 0.3) is 0 Å². The number of ether oxygens (including phenoxy) is 1. The van der Waals surface area contributed by atoms with Gasteiger partial charge < -0.3 is 9.64 Å². The molecule has 0 radical (unpaired) electrons. The predicted octanol–water partition coefficient (Wildman–Crippen LogP) is 1.44. The topological polar surface area (TPSA) is 75.7 Å². The quantitative estimate of drug-likeness (QED) is 0.830. The number of hydrogen-bond donors (Lipinski definition) is 1. The molecule has 0 spiro atoms. The van der Waals surface area contributed by atoms with Crippen LogP contribution in [0.5, 0.6) is 0 Å². The third kappa shape index (κ3) is 4.69. The maximum absolute atomic E-state index is 13.0. The van der Waals surface area contributed by atoms with Gasteiger partial charge in [0.2, 0.25) is 15.9 Å². The van der Waals surface area contributed by atoms with Crippen LogP contribution >= 0.6 is 0 Å². The second kappa shape index (κ2) is 8.44. The van der Waals surface area contributed by atoms with Crippen LogP contribution in [0.1, 0.15) is 5.56 Å². The molecule has 7 heteroatoms. The van der Waals surface area contributed by atoms with Gasteiger partial charge in [0, 0.05) is 13.1 Å². The molecule has 1 saturated heterocycles. The van der Waals surface area contributed by atoms with Crippen molar-refractivity contribution >= 4 is 15.9 Å². The minimum Gasteiger partial charge on any atom is -0.378 e. The average molecular weight is 374 g/mol. The Bertz CT molecular complexity index is 819. The van der Waals surface area contributed by atoms with E-state index in [0.717, 1.165) is 5.56 Å². The summed E-state index contributed by atoms with van der Waals surface area (Å²) < 4.78 is 33.3. The monoisotopic (exact) mass is 374 g/mol. The Morgan fingerprint density at radius 1 is 1.00 bits per heavy atom. The fraction of sp³-hybridized carbons (Fsp3) is 0.316. The molecule has 1 atom stereocenters. The maximum atomic E-state index is 13.0. The van der Waals surface area contributed by atoms with Gasteiger partial charge >= 0.3 is 0 Å². The van der Waals surface area contributed by atoms with E-state index in [4.69, 9.17) is 4.74 Å². The van der Waals surface area contributed by atoms with Crippen LogP contribution < -0.4 is 4.72 Å². The Labute approximate surface area is 153 Å². The van der Waals surface area contributed by atoms with Gasteiger partial charge in [-0.1, -0.05) is 48.5 Å². The molecule has 1 aliphatic rings. The molecule has 0 saturated carbocycles. The highest BCUT2D eigenvalue weighted by Crippen LogP contribution is 2.13. The van der Waals surface area contributed by atoms with Gasteiger partial charge in [0.15, 0.2) is 0 Å². The summed E-state index contributed by atoms with van der Waals surface area (Å²) in [6, 6.07) is 16.6. The summed E-state index contributed by atoms with van der Waals surface area (Å²) in [7, 11) is -3.79. The van der Waals surface area contributed by atoms with Crippen LogP contribution in [0, 0.1) is 0 Å². The van der Waals surface area contributed by atoms with E-state index in [2.05, 4.69) is 4.72 Å². The minimum atomic E-state index is -3.79. The first kappa shape index (κ1) is 18.6. The molecule has 1 fully saturated rings. The Morgan fingerprint density at radius 3 is 2.19 bits per heavy atom. The number of nitrogens with zero attached hydrogens (tertiary/aromatic N) is 1. The van der Waals surface area contributed by atoms with Crippen molar-refractivity contribution in [2.24, 2.45) is 0 Å². The van der Waals surface area contributed by atoms with E-state index in [-0.39, 0.29) is 10.8 Å². The summed E-state index contributed by atoms with van der Waals surface area (Å²) in [5.74, 6) is -0.225. The highest BCUT2D eigenvalue weighted by molar-refractivity contribution is 7.89. The molecule has 138 valence electrons. The number of hydrogen-bond acceptors (Lipinski definition) is 4. The molecule has 2 aromatic rings. The van der Waals surface area contributed by atoms with Gasteiger partial charge in [-0.25, -0.2) is 8.42 Å². The minimum absolute atomic E-state index is 0.146. The molecule has 0 aliphatic carbocycles. The highest BCUT2D eigenvalue weighted by atomic mass is 32.2. The zero-order chi connectivity index (χ0) is 18.4. The van der Waals surface area contributed by atoms with Gasteiger partial charge in [-0.05, 0) is 24.1 Å². The molecule has 26 heavy (non-hydrogen) atoms. The lowest BCUT2D eigenvalue weighted by Crippen LogP contribution is -2.52. The van der Waals surface area contributed by atoms with Crippen molar-refractivity contribution in [2.45, 2.75) is 17.4 Å². The molecule has 2 aromatic carbocycles. The summed E-state index contributed by atoms with van der Waals surface area (Å²) in [5, 5.41) is 0. The number of amides is 1. The van der Waals surface area contributed by atoms with Gasteiger partial charge in [0.1, 0.15) is 6.04 Å². The van der Waals surface area contributed by atoms with Crippen LogP contribution in [0.15, 0.2) is 65.6 Å². The molecule has 3 rings (SSSR count). The predicted molar refractivity (Wildman–Crippen MR) is 98.1 cm³/mol. The molecule has 1 heterocycles. The number of rotatable bonds is 6. The molecule has 0 bridgehead atoms. The summed E-state index contributed by atoms with van der Waals surface area (Å²) in [4.78, 5) is 14.8. The van der Waals surface area contributed by atoms with Crippen molar-refractivity contribution in [1.82, 2.24) is 9.62 Å². The summed E-state index contributed by atoms with van der Waals surface area (Å²) >= 11 is 0. The first-order valence-electron chi connectivity index (χ1n) is 8.54. The zero-order valence-electron chi connectivity index (χ0n) is 14.4. The SMILES string of the molecule is O=C([C@H](Cc1ccccc1)NS(=O)(=O)c1ccccc1)N1CCOCC1. The third-order valence-electron chi connectivity index (χ3n) is 4.25. The van der Waals surface area contributed by atoms with Crippen LogP contribution in [0.2, 0.25) is 0 Å². The van der Waals surface area contributed by atoms with E-state index in [1.807, 2.05) is 30.3 Å². The number of carbonyl (C=O) groups excluding carboxylic acids is 1. The van der Waals surface area contributed by atoms with Crippen molar-refractivity contribution in [1.29, 1.82) is 0 Å². The Kier molecular flexibility index (Phi) is 6.03. The van der Waals surface area contributed by atoms with Gasteiger partial charge in [-0.3, -0.25) is 4.79 Å². The first-order chi connectivity index (χ1) is 12.6. The zero-order valence-corrected chi connectivity index (χ0v) is 15.2. The van der Waals surface area contributed by atoms with Gasteiger partial charge in [0.25, 0.3) is 0 Å². The number of benzene rings is 2. The van der Waals surface area contributed by atoms with E-state index in [1.165, 1.54) is 12.1 Å². The fourth-order valence-electron chi connectivity index (χ4n) is 2.89. The molecule has 1 N–H and O–H groups in total. The fourth-order valence-corrected chi connectivity index (χ4v) is 4.10. The summed E-state index contributed by atoms with van der Waals surface area (Å²) in [5.41, 5.74) is 0.898. The van der Waals surface area contributed by atoms with E-state index in [1.54, 1.807) is 23.1 Å². The van der Waals surface area contributed by atoms with Gasteiger partial charge in [-0.15, -0.1) is 0 Å². The largest absolute Gasteiger partial charge is 0.378 e. The van der Waals surface area contributed by atoms with Crippen molar-refractivity contribution < 1.29 is 17.9 Å². The standard InChI is InChI=1S/C19H22N2O4S/c22-19(21-11-13-25-14-12-21)18(15-16-7-3-1-4-8-16)20-26(23,24)17-9-5-2-6-10-17/h1-10,18,20H,11-15H2/t18-/m0/s1. The molecule has 0 aromatic heterocycles. The maximum Gasteiger partial charge on any atom is 0.241 e. The lowest BCUT2D eigenvalue weighted by atomic mass is 10.1. The molecule has 1 aliphatic heterocycles. The van der Waals surface area contributed by atoms with E-state index in [0.29, 0.717) is 32.7 Å². The molecule has 6 nitrogen and oxygen atoms in total. The Balaban J connectivity index is 1.83. The lowest BCUT2D eigenvalue weighted by molar-refractivity contribution is -0.137. The number of morpholine rings is 1. The van der Waals surface area contributed by atoms with Crippen molar-refractivity contribution in [3.8, 4) is 0 Å². The summed E-state index contributed by atoms with van der Waals surface area (Å²) in [6.07, 6.45) is 0.295. The third-order valence-corrected chi connectivity index (χ3v) is 5.74. The Morgan fingerprint density at radius 2 is 1.58 bits per heavy atom. The molecule has 1 amide bonds. The smallest absolute Gasteiger partial charge is 0.241 e. The highest BCUT2D eigenvalue weighted by Gasteiger charge is 2.30. The van der Waals surface area contributed by atoms with E-state index < -0.39 is 16.1 Å². The van der Waals surface area contributed by atoms with Crippen LogP contribution in [-0.2, 0) is 26.0 Å². The van der Waals surface area contributed by atoms with Gasteiger partial charge in [-0.2, -0.15) is 4.72 Å². The van der Waals surface area contributed by atoms with Crippen LogP contribution in [0.3, 0.4) is 0 Å². The average Bonchev–Trinajstić information content (AvgIpc) is 2.69. The van der Waals surface area contributed by atoms with Crippen molar-refractivity contribution in [3.05, 3.63) is 66.2 Å². The second-order valence-corrected chi connectivity index (χ2v) is 7.83. The Hall–Kier alpha value is -2.22. The summed E-state index contributed by atoms with van der Waals surface area (Å²) in [6.45, 7) is 1.87. The van der Waals surface area contributed by atoms with Crippen molar-refractivity contribution in [3.63, 3.8) is 0 Å². The normalized spacial score (nSPS) is 16.2. The number of carbonyl (C=O) groups is 1. The van der Waals surface area contributed by atoms with Crippen LogP contribution in [0.4, 0.5) is 0 Å². The number of sulfonamides is 1. The first-order valence-corrected chi connectivity index (χ1v) is 10.0. The van der Waals surface area contributed by atoms with E-state index >= 15 is 0 Å². The molecular weight excluding hydrogens is 352 g/mol. The molecular formula is C19H22N2O4S. The van der Waals surface area contributed by atoms with Gasteiger partial charge in [0.05, 0.1) is 18.1 Å².